The number of rotatable bonds is 2. The fourth-order valence-electron chi connectivity index (χ4n) is 1.65. The summed E-state index contributed by atoms with van der Waals surface area (Å²) in [4.78, 5) is 3.52. The van der Waals surface area contributed by atoms with Crippen molar-refractivity contribution in [1.29, 1.82) is 0 Å². The molecule has 1 heterocycles. The summed E-state index contributed by atoms with van der Waals surface area (Å²) in [5.74, 6) is -1.40. The molecule has 8 heteroatoms. The van der Waals surface area contributed by atoms with E-state index in [2.05, 4.69) is 10.1 Å². The number of imidazole rings is 1. The molecule has 0 atom stereocenters. The van der Waals surface area contributed by atoms with Crippen molar-refractivity contribution in [1.82, 2.24) is 9.55 Å². The minimum absolute atomic E-state index is 0.204. The summed E-state index contributed by atoms with van der Waals surface area (Å²) in [6, 6.07) is 6.13. The lowest BCUT2D eigenvalue weighted by Crippen LogP contribution is -2.23. The number of aromatic nitrogens is 2. The maximum absolute atomic E-state index is 12.8. The minimum atomic E-state index is -4.60. The molecule has 1 aromatic heterocycles. The molecule has 0 amide bonds. The highest BCUT2D eigenvalue weighted by atomic mass is 19.4. The highest BCUT2D eigenvalue weighted by Gasteiger charge is 2.37. The number of halogens is 3. The Morgan fingerprint density at radius 2 is 2.06 bits per heavy atom. The molecule has 0 unspecified atom stereocenters. The molecule has 1 aromatic carbocycles. The van der Waals surface area contributed by atoms with E-state index in [1.165, 1.54) is 12.1 Å². The third-order valence-electron chi connectivity index (χ3n) is 2.36. The summed E-state index contributed by atoms with van der Waals surface area (Å²) in [5.41, 5.74) is 5.73. The molecular formula is C10H9F3N4O. The molecule has 5 nitrogen and oxygen atoms in total. The van der Waals surface area contributed by atoms with Crippen molar-refractivity contribution in [3.05, 3.63) is 30.1 Å². The molecule has 18 heavy (non-hydrogen) atoms. The van der Waals surface area contributed by atoms with Gasteiger partial charge in [-0.25, -0.2) is 4.98 Å². The van der Waals surface area contributed by atoms with Crippen LogP contribution in [0, 0.1) is 0 Å². The number of fused-ring (bicyclic) bond motifs is 1. The number of alkyl halides is 3. The number of nitrogens with two attached hydrogens (primary N) is 1. The summed E-state index contributed by atoms with van der Waals surface area (Å²) in [6.07, 6.45) is -4.60. The number of benzene rings is 1. The van der Waals surface area contributed by atoms with E-state index in [1.54, 1.807) is 12.1 Å². The number of amidine groups is 1. The van der Waals surface area contributed by atoms with Crippen LogP contribution in [0.4, 0.5) is 13.2 Å². The van der Waals surface area contributed by atoms with Gasteiger partial charge in [-0.15, -0.1) is 0 Å². The lowest BCUT2D eigenvalue weighted by atomic mass is 10.3. The molecule has 2 aromatic rings. The highest BCUT2D eigenvalue weighted by molar-refractivity contribution is 5.83. The quantitative estimate of drug-likeness (QED) is 0.373. The van der Waals surface area contributed by atoms with E-state index in [1.807, 2.05) is 0 Å². The van der Waals surface area contributed by atoms with E-state index in [-0.39, 0.29) is 23.4 Å². The average molecular weight is 258 g/mol. The molecule has 0 saturated heterocycles. The Morgan fingerprint density at radius 1 is 1.39 bits per heavy atom. The average Bonchev–Trinajstić information content (AvgIpc) is 2.68. The smallest absolute Gasteiger partial charge is 0.409 e. The van der Waals surface area contributed by atoms with Gasteiger partial charge in [0.05, 0.1) is 17.6 Å². The van der Waals surface area contributed by atoms with Gasteiger partial charge in [0.25, 0.3) is 0 Å². The molecule has 0 fully saturated rings. The molecule has 0 aliphatic heterocycles. The number of hydrogen-bond acceptors (Lipinski definition) is 3. The number of oxime groups is 1. The van der Waals surface area contributed by atoms with Gasteiger partial charge in [0.2, 0.25) is 5.82 Å². The normalized spacial score (nSPS) is 13.2. The van der Waals surface area contributed by atoms with Gasteiger partial charge in [-0.1, -0.05) is 17.3 Å². The number of para-hydroxylation sites is 2. The van der Waals surface area contributed by atoms with Gasteiger partial charge >= 0.3 is 6.18 Å². The highest BCUT2D eigenvalue weighted by Crippen LogP contribution is 2.31. The summed E-state index contributed by atoms with van der Waals surface area (Å²) in [5, 5.41) is 11.1. The SMILES string of the molecule is N/C(Cn1c(C(F)(F)F)nc2ccccc21)=N/O. The minimum Gasteiger partial charge on any atom is -0.409 e. The first-order valence-electron chi connectivity index (χ1n) is 4.92. The third-order valence-corrected chi connectivity index (χ3v) is 2.36. The summed E-state index contributed by atoms with van der Waals surface area (Å²) in [6.45, 7) is -0.383. The van der Waals surface area contributed by atoms with Crippen LogP contribution in [0.3, 0.4) is 0 Å². The number of nitrogens with zero attached hydrogens (tertiary/aromatic N) is 3. The van der Waals surface area contributed by atoms with Crippen molar-refractivity contribution in [3.63, 3.8) is 0 Å². The predicted molar refractivity (Wildman–Crippen MR) is 58.1 cm³/mol. The van der Waals surface area contributed by atoms with Crippen molar-refractivity contribution in [2.75, 3.05) is 0 Å². The Bertz CT molecular complexity index is 603. The van der Waals surface area contributed by atoms with Gasteiger partial charge in [-0.2, -0.15) is 13.2 Å². The largest absolute Gasteiger partial charge is 0.449 e. The van der Waals surface area contributed by atoms with Gasteiger partial charge in [0.1, 0.15) is 0 Å². The van der Waals surface area contributed by atoms with E-state index in [9.17, 15) is 13.2 Å². The van der Waals surface area contributed by atoms with E-state index in [0.717, 1.165) is 4.57 Å². The van der Waals surface area contributed by atoms with Gasteiger partial charge in [-0.05, 0) is 12.1 Å². The van der Waals surface area contributed by atoms with Crippen LogP contribution in [0.2, 0.25) is 0 Å². The zero-order valence-electron chi connectivity index (χ0n) is 9.02. The van der Waals surface area contributed by atoms with Crippen LogP contribution in [0.25, 0.3) is 11.0 Å². The molecule has 0 radical (unpaired) electrons. The van der Waals surface area contributed by atoms with Crippen LogP contribution < -0.4 is 5.73 Å². The maximum atomic E-state index is 12.8. The van der Waals surface area contributed by atoms with Gasteiger partial charge in [-0.3, -0.25) is 0 Å². The zero-order valence-corrected chi connectivity index (χ0v) is 9.02. The van der Waals surface area contributed by atoms with Crippen LogP contribution in [-0.4, -0.2) is 20.6 Å². The lowest BCUT2D eigenvalue weighted by molar-refractivity contribution is -0.146. The van der Waals surface area contributed by atoms with Crippen molar-refractivity contribution in [2.24, 2.45) is 10.9 Å². The van der Waals surface area contributed by atoms with Gasteiger partial charge < -0.3 is 15.5 Å². The fraction of sp³-hybridized carbons (Fsp3) is 0.200. The first kappa shape index (κ1) is 12.2. The first-order valence-corrected chi connectivity index (χ1v) is 4.92. The van der Waals surface area contributed by atoms with E-state index in [4.69, 9.17) is 10.9 Å². The van der Waals surface area contributed by atoms with Gasteiger partial charge in [0, 0.05) is 0 Å². The monoisotopic (exact) mass is 258 g/mol. The molecule has 0 aliphatic rings. The van der Waals surface area contributed by atoms with Crippen molar-refractivity contribution < 1.29 is 18.4 Å². The van der Waals surface area contributed by atoms with Crippen molar-refractivity contribution >= 4 is 16.9 Å². The molecule has 2 rings (SSSR count). The predicted octanol–water partition coefficient (Wildman–Crippen LogP) is 1.80. The first-order chi connectivity index (χ1) is 8.43. The Balaban J connectivity index is 2.65. The standard InChI is InChI=1S/C10H9F3N4O/c11-10(12,13)9-15-6-3-1-2-4-7(6)17(9)5-8(14)16-18/h1-4,18H,5H2,(H2,14,16). The second-order valence-electron chi connectivity index (χ2n) is 3.60. The summed E-state index contributed by atoms with van der Waals surface area (Å²) >= 11 is 0. The molecule has 0 bridgehead atoms. The van der Waals surface area contributed by atoms with Crippen LogP contribution in [0.15, 0.2) is 29.4 Å². The number of hydrogen-bond donors (Lipinski definition) is 2. The molecular weight excluding hydrogens is 249 g/mol. The summed E-state index contributed by atoms with van der Waals surface area (Å²) in [7, 11) is 0. The van der Waals surface area contributed by atoms with Crippen LogP contribution in [-0.2, 0) is 12.7 Å². The van der Waals surface area contributed by atoms with Crippen LogP contribution >= 0.6 is 0 Å². The Morgan fingerprint density at radius 3 is 2.67 bits per heavy atom. The Hall–Kier alpha value is -2.25. The van der Waals surface area contributed by atoms with Crippen LogP contribution in [0.1, 0.15) is 5.82 Å². The van der Waals surface area contributed by atoms with E-state index < -0.39 is 12.0 Å². The molecule has 0 saturated carbocycles. The molecule has 3 N–H and O–H groups in total. The molecule has 0 aliphatic carbocycles. The second kappa shape index (κ2) is 4.21. The lowest BCUT2D eigenvalue weighted by Gasteiger charge is -2.10. The molecule has 96 valence electrons. The van der Waals surface area contributed by atoms with Crippen LogP contribution in [0.5, 0.6) is 0 Å². The fourth-order valence-corrected chi connectivity index (χ4v) is 1.65. The Labute approximate surface area is 99.3 Å². The van der Waals surface area contributed by atoms with Gasteiger partial charge in [0.15, 0.2) is 5.84 Å². The Kier molecular flexibility index (Phi) is 2.85. The van der Waals surface area contributed by atoms with Crippen molar-refractivity contribution in [2.45, 2.75) is 12.7 Å². The topological polar surface area (TPSA) is 76.4 Å². The van der Waals surface area contributed by atoms with Crippen molar-refractivity contribution in [3.8, 4) is 0 Å². The summed E-state index contributed by atoms with van der Waals surface area (Å²) < 4.78 is 39.3. The van der Waals surface area contributed by atoms with E-state index >= 15 is 0 Å². The zero-order chi connectivity index (χ0) is 13.3. The van der Waals surface area contributed by atoms with E-state index in [0.29, 0.717) is 0 Å². The third kappa shape index (κ3) is 2.08. The molecule has 0 spiro atoms. The second-order valence-corrected chi connectivity index (χ2v) is 3.60. The maximum Gasteiger partial charge on any atom is 0.449 e.